The van der Waals surface area contributed by atoms with E-state index >= 15 is 0 Å². The molecule has 1 aliphatic heterocycles. The van der Waals surface area contributed by atoms with Gasteiger partial charge < -0.3 is 15.4 Å². The van der Waals surface area contributed by atoms with Gasteiger partial charge in [0, 0.05) is 38.6 Å². The number of carbonyl (C=O) groups is 2. The maximum absolute atomic E-state index is 12.1. The Bertz CT molecular complexity index is 542. The summed E-state index contributed by atoms with van der Waals surface area (Å²) in [5.74, 6) is 0.578. The molecule has 1 atom stereocenters. The molecule has 0 aliphatic carbocycles. The Morgan fingerprint density at radius 3 is 2.69 bits per heavy atom. The lowest BCUT2D eigenvalue weighted by Gasteiger charge is -2.35. The normalized spacial score (nSPS) is 16.4. The highest BCUT2D eigenvalue weighted by molar-refractivity contribution is 7.12. The Balaban J connectivity index is 1.64. The topological polar surface area (TPSA) is 70.7 Å². The molecular formula is C19H31N3O3S. The minimum Gasteiger partial charge on any atom is -0.379 e. The first-order valence-corrected chi connectivity index (χ1v) is 10.3. The van der Waals surface area contributed by atoms with Crippen molar-refractivity contribution in [3.63, 3.8) is 0 Å². The van der Waals surface area contributed by atoms with E-state index in [0.29, 0.717) is 42.8 Å². The van der Waals surface area contributed by atoms with Crippen LogP contribution >= 0.6 is 11.3 Å². The molecule has 0 aromatic carbocycles. The van der Waals surface area contributed by atoms with Gasteiger partial charge in [0.2, 0.25) is 5.91 Å². The van der Waals surface area contributed by atoms with Crippen molar-refractivity contribution in [2.45, 2.75) is 39.2 Å². The molecule has 146 valence electrons. The van der Waals surface area contributed by atoms with Crippen molar-refractivity contribution in [3.05, 3.63) is 22.4 Å². The van der Waals surface area contributed by atoms with Crippen molar-refractivity contribution in [2.24, 2.45) is 5.92 Å². The van der Waals surface area contributed by atoms with Crippen molar-refractivity contribution < 1.29 is 14.3 Å². The van der Waals surface area contributed by atoms with Crippen LogP contribution < -0.4 is 10.6 Å². The van der Waals surface area contributed by atoms with E-state index < -0.39 is 0 Å². The lowest BCUT2D eigenvalue weighted by molar-refractivity contribution is -0.121. The Labute approximate surface area is 160 Å². The van der Waals surface area contributed by atoms with Crippen LogP contribution in [0, 0.1) is 5.92 Å². The van der Waals surface area contributed by atoms with Crippen LogP contribution in [0.2, 0.25) is 0 Å². The second-order valence-corrected chi connectivity index (χ2v) is 8.02. The van der Waals surface area contributed by atoms with Crippen LogP contribution in [-0.4, -0.2) is 62.1 Å². The number of rotatable bonds is 10. The van der Waals surface area contributed by atoms with Gasteiger partial charge >= 0.3 is 0 Å². The molecule has 0 spiro atoms. The second-order valence-electron chi connectivity index (χ2n) is 7.07. The molecule has 2 rings (SSSR count). The maximum atomic E-state index is 12.1. The number of nitrogens with one attached hydrogen (secondary N) is 2. The van der Waals surface area contributed by atoms with Crippen LogP contribution in [0.25, 0.3) is 0 Å². The van der Waals surface area contributed by atoms with Crippen molar-refractivity contribution in [1.82, 2.24) is 15.5 Å². The Morgan fingerprint density at radius 2 is 2.04 bits per heavy atom. The van der Waals surface area contributed by atoms with Crippen LogP contribution in [-0.2, 0) is 9.53 Å². The Kier molecular flexibility index (Phi) is 9.08. The average molecular weight is 382 g/mol. The highest BCUT2D eigenvalue weighted by atomic mass is 32.1. The molecule has 26 heavy (non-hydrogen) atoms. The SMILES string of the molecule is CC(C)CC(CNC(=O)CCCNC(=O)c1cccs1)N1CCOCC1. The molecule has 1 saturated heterocycles. The third kappa shape index (κ3) is 7.43. The quantitative estimate of drug-likeness (QED) is 0.609. The summed E-state index contributed by atoms with van der Waals surface area (Å²) >= 11 is 1.42. The lowest BCUT2D eigenvalue weighted by atomic mass is 10.0. The van der Waals surface area contributed by atoms with Crippen LogP contribution in [0.5, 0.6) is 0 Å². The summed E-state index contributed by atoms with van der Waals surface area (Å²) in [7, 11) is 0. The minimum atomic E-state index is -0.0651. The number of ether oxygens (including phenoxy) is 1. The third-order valence-electron chi connectivity index (χ3n) is 4.45. The van der Waals surface area contributed by atoms with Crippen molar-refractivity contribution in [1.29, 1.82) is 0 Å². The molecule has 1 aromatic rings. The zero-order valence-corrected chi connectivity index (χ0v) is 16.6. The van der Waals surface area contributed by atoms with Gasteiger partial charge in [0.1, 0.15) is 0 Å². The van der Waals surface area contributed by atoms with Crippen LogP contribution in [0.1, 0.15) is 42.8 Å². The molecule has 0 radical (unpaired) electrons. The number of carbonyl (C=O) groups excluding carboxylic acids is 2. The Morgan fingerprint density at radius 1 is 1.27 bits per heavy atom. The highest BCUT2D eigenvalue weighted by Gasteiger charge is 2.22. The van der Waals surface area contributed by atoms with Gasteiger partial charge in [0.15, 0.2) is 0 Å². The summed E-state index contributed by atoms with van der Waals surface area (Å²) in [6.07, 6.45) is 2.15. The summed E-state index contributed by atoms with van der Waals surface area (Å²) in [5, 5.41) is 7.80. The number of morpholine rings is 1. The van der Waals surface area contributed by atoms with Crippen LogP contribution in [0.3, 0.4) is 0 Å². The van der Waals surface area contributed by atoms with E-state index in [-0.39, 0.29) is 11.8 Å². The molecule has 2 amide bonds. The van der Waals surface area contributed by atoms with E-state index in [0.717, 1.165) is 32.7 Å². The zero-order chi connectivity index (χ0) is 18.8. The fraction of sp³-hybridized carbons (Fsp3) is 0.684. The predicted molar refractivity (Wildman–Crippen MR) is 105 cm³/mol. The standard InChI is InChI=1S/C19H31N3O3S/c1-15(2)13-16(22-8-10-25-11-9-22)14-21-18(23)6-3-7-20-19(24)17-5-4-12-26-17/h4-5,12,15-16H,3,6-11,13-14H2,1-2H3,(H,20,24)(H,21,23). The van der Waals surface area contributed by atoms with E-state index in [4.69, 9.17) is 4.74 Å². The van der Waals surface area contributed by atoms with Crippen LogP contribution in [0.15, 0.2) is 17.5 Å². The molecule has 7 heteroatoms. The van der Waals surface area contributed by atoms with Crippen molar-refractivity contribution >= 4 is 23.2 Å². The zero-order valence-electron chi connectivity index (χ0n) is 15.8. The first kappa shape index (κ1) is 20.9. The number of amides is 2. The van der Waals surface area contributed by atoms with Crippen molar-refractivity contribution in [2.75, 3.05) is 39.4 Å². The summed E-state index contributed by atoms with van der Waals surface area (Å²) in [4.78, 5) is 27.1. The van der Waals surface area contributed by atoms with Gasteiger partial charge in [-0.25, -0.2) is 0 Å². The molecule has 0 saturated carbocycles. The van der Waals surface area contributed by atoms with E-state index in [2.05, 4.69) is 29.4 Å². The van der Waals surface area contributed by atoms with E-state index in [1.54, 1.807) is 6.07 Å². The van der Waals surface area contributed by atoms with Gasteiger partial charge in [-0.05, 0) is 30.2 Å². The molecule has 1 aromatic heterocycles. The second kappa shape index (κ2) is 11.3. The van der Waals surface area contributed by atoms with E-state index in [1.165, 1.54) is 11.3 Å². The van der Waals surface area contributed by atoms with Gasteiger partial charge in [0.05, 0.1) is 18.1 Å². The summed E-state index contributed by atoms with van der Waals surface area (Å²) in [5.41, 5.74) is 0. The maximum Gasteiger partial charge on any atom is 0.261 e. The minimum absolute atomic E-state index is 0.0531. The molecule has 1 unspecified atom stereocenters. The highest BCUT2D eigenvalue weighted by Crippen LogP contribution is 2.13. The van der Waals surface area contributed by atoms with Gasteiger partial charge in [-0.15, -0.1) is 11.3 Å². The molecule has 2 heterocycles. The van der Waals surface area contributed by atoms with E-state index in [9.17, 15) is 9.59 Å². The molecule has 6 nitrogen and oxygen atoms in total. The third-order valence-corrected chi connectivity index (χ3v) is 5.32. The number of hydrogen-bond donors (Lipinski definition) is 2. The fourth-order valence-corrected chi connectivity index (χ4v) is 3.75. The predicted octanol–water partition coefficient (Wildman–Crippen LogP) is 2.12. The first-order valence-electron chi connectivity index (χ1n) is 9.46. The average Bonchev–Trinajstić information content (AvgIpc) is 3.17. The molecule has 2 N–H and O–H groups in total. The number of nitrogens with zero attached hydrogens (tertiary/aromatic N) is 1. The lowest BCUT2D eigenvalue weighted by Crippen LogP contribution is -2.49. The number of thiophene rings is 1. The van der Waals surface area contributed by atoms with Gasteiger partial charge in [0.25, 0.3) is 5.91 Å². The number of hydrogen-bond acceptors (Lipinski definition) is 5. The van der Waals surface area contributed by atoms with Gasteiger partial charge in [-0.2, -0.15) is 0 Å². The summed E-state index contributed by atoms with van der Waals surface area (Å²) < 4.78 is 5.43. The summed E-state index contributed by atoms with van der Waals surface area (Å²) in [6, 6.07) is 4.02. The molecule has 0 bridgehead atoms. The summed E-state index contributed by atoms with van der Waals surface area (Å²) in [6.45, 7) is 9.03. The largest absolute Gasteiger partial charge is 0.379 e. The molecular weight excluding hydrogens is 350 g/mol. The smallest absolute Gasteiger partial charge is 0.261 e. The van der Waals surface area contributed by atoms with Gasteiger partial charge in [-0.3, -0.25) is 14.5 Å². The Hall–Kier alpha value is -1.44. The first-order chi connectivity index (χ1) is 12.6. The molecule has 1 aliphatic rings. The van der Waals surface area contributed by atoms with E-state index in [1.807, 2.05) is 11.4 Å². The molecule has 1 fully saturated rings. The monoisotopic (exact) mass is 381 g/mol. The fourth-order valence-electron chi connectivity index (χ4n) is 3.11. The van der Waals surface area contributed by atoms with Crippen molar-refractivity contribution in [3.8, 4) is 0 Å². The van der Waals surface area contributed by atoms with Crippen LogP contribution in [0.4, 0.5) is 0 Å². The van der Waals surface area contributed by atoms with Gasteiger partial charge in [-0.1, -0.05) is 19.9 Å².